The van der Waals surface area contributed by atoms with Crippen LogP contribution >= 0.6 is 0 Å². The van der Waals surface area contributed by atoms with E-state index in [1.54, 1.807) is 19.2 Å². The Morgan fingerprint density at radius 1 is 1.02 bits per heavy atom. The number of sulfonamides is 1. The molecule has 3 heterocycles. The zero-order valence-corrected chi connectivity index (χ0v) is 24.7. The summed E-state index contributed by atoms with van der Waals surface area (Å²) in [6, 6.07) is 22.5. The molecule has 216 valence electrons. The quantitative estimate of drug-likeness (QED) is 0.318. The lowest BCUT2D eigenvalue weighted by Crippen LogP contribution is -2.37. The van der Waals surface area contributed by atoms with Crippen molar-refractivity contribution in [3.05, 3.63) is 106 Å². The predicted octanol–water partition coefficient (Wildman–Crippen LogP) is 5.59. The van der Waals surface area contributed by atoms with Crippen molar-refractivity contribution in [2.45, 2.75) is 50.8 Å². The highest BCUT2D eigenvalue weighted by atomic mass is 32.2. The van der Waals surface area contributed by atoms with Gasteiger partial charge in [0.05, 0.1) is 30.4 Å². The molecule has 1 aromatic heterocycles. The van der Waals surface area contributed by atoms with Crippen molar-refractivity contribution >= 4 is 21.6 Å². The molecule has 0 saturated heterocycles. The first kappa shape index (κ1) is 28.1. The first-order valence-electron chi connectivity index (χ1n) is 14.0. The lowest BCUT2D eigenvalue weighted by molar-refractivity contribution is -0.114. The maximum Gasteiger partial charge on any atom is 0.243 e. The number of fused-ring (bicyclic) bond motifs is 3. The van der Waals surface area contributed by atoms with Gasteiger partial charge in [-0.2, -0.15) is 4.31 Å². The van der Waals surface area contributed by atoms with Gasteiger partial charge in [-0.25, -0.2) is 8.42 Å². The summed E-state index contributed by atoms with van der Waals surface area (Å²) in [4.78, 5) is 16.8. The van der Waals surface area contributed by atoms with Crippen molar-refractivity contribution in [2.24, 2.45) is 0 Å². The number of carbonyl (C=O) groups is 1. The molecule has 0 unspecified atom stereocenters. The summed E-state index contributed by atoms with van der Waals surface area (Å²) in [6.45, 7) is 4.40. The van der Waals surface area contributed by atoms with Gasteiger partial charge in [0.2, 0.25) is 15.9 Å². The van der Waals surface area contributed by atoms with Crippen LogP contribution in [0.15, 0.2) is 77.7 Å². The molecule has 3 aromatic carbocycles. The van der Waals surface area contributed by atoms with Crippen LogP contribution in [-0.4, -0.2) is 37.3 Å². The number of benzene rings is 3. The maximum absolute atomic E-state index is 13.7. The molecule has 0 saturated carbocycles. The summed E-state index contributed by atoms with van der Waals surface area (Å²) >= 11 is 0. The maximum atomic E-state index is 13.7. The SMILES string of the molecule is COc1ccc(-c2nc3c(c4c2C[C@H](c2ccccc2)OC4)CN(S(=O)(=O)c2ccc(NC(C)=O)cc2)CC3)c(C)c1. The molecule has 0 fully saturated rings. The van der Waals surface area contributed by atoms with Crippen LogP contribution in [0.25, 0.3) is 11.3 Å². The van der Waals surface area contributed by atoms with E-state index >= 15 is 0 Å². The van der Waals surface area contributed by atoms with Crippen molar-refractivity contribution < 1.29 is 22.7 Å². The Morgan fingerprint density at radius 2 is 1.79 bits per heavy atom. The fraction of sp³-hybridized carbons (Fsp3) is 0.273. The topological polar surface area (TPSA) is 97.8 Å². The monoisotopic (exact) mass is 583 g/mol. The molecule has 2 aliphatic heterocycles. The zero-order chi connectivity index (χ0) is 29.4. The highest BCUT2D eigenvalue weighted by Gasteiger charge is 2.35. The number of hydrogen-bond donors (Lipinski definition) is 1. The normalized spacial score (nSPS) is 16.8. The lowest BCUT2D eigenvalue weighted by Gasteiger charge is -2.34. The number of ether oxygens (including phenoxy) is 2. The number of rotatable bonds is 6. The van der Waals surface area contributed by atoms with Crippen molar-refractivity contribution in [2.75, 3.05) is 19.0 Å². The Kier molecular flexibility index (Phi) is 7.57. The fourth-order valence-corrected chi connectivity index (χ4v) is 7.28. The Labute approximate surface area is 246 Å². The van der Waals surface area contributed by atoms with Crippen molar-refractivity contribution in [1.29, 1.82) is 0 Å². The number of hydrogen-bond acceptors (Lipinski definition) is 6. The number of carbonyl (C=O) groups excluding carboxylic acids is 1. The average molecular weight is 584 g/mol. The van der Waals surface area contributed by atoms with Gasteiger partial charge in [-0.3, -0.25) is 9.78 Å². The Morgan fingerprint density at radius 3 is 2.48 bits per heavy atom. The molecule has 42 heavy (non-hydrogen) atoms. The first-order valence-corrected chi connectivity index (χ1v) is 15.4. The predicted molar refractivity (Wildman–Crippen MR) is 161 cm³/mol. The van der Waals surface area contributed by atoms with E-state index in [2.05, 4.69) is 30.4 Å². The number of aromatic nitrogens is 1. The van der Waals surface area contributed by atoms with Crippen LogP contribution in [0.4, 0.5) is 5.69 Å². The van der Waals surface area contributed by atoms with E-state index in [1.807, 2.05) is 30.3 Å². The van der Waals surface area contributed by atoms with E-state index in [1.165, 1.54) is 23.4 Å². The highest BCUT2D eigenvalue weighted by molar-refractivity contribution is 7.89. The summed E-state index contributed by atoms with van der Waals surface area (Å²) in [5, 5.41) is 2.68. The number of methoxy groups -OCH3 is 1. The van der Waals surface area contributed by atoms with E-state index in [-0.39, 0.29) is 23.5 Å². The molecule has 1 atom stereocenters. The molecule has 0 spiro atoms. The number of nitrogens with zero attached hydrogens (tertiary/aromatic N) is 2. The minimum Gasteiger partial charge on any atom is -0.497 e. The number of nitrogens with one attached hydrogen (secondary N) is 1. The standard InChI is InChI=1S/C33H33N3O5S/c1-21-17-25(40-3)11-14-27(21)33-28-18-32(23-7-5-4-6-8-23)41-20-30(28)29-19-36(16-15-31(29)35-33)42(38,39)26-12-9-24(10-13-26)34-22(2)37/h4-14,17,32H,15-16,18-20H2,1-3H3,(H,34,37)/t32-/m1/s1. The Balaban J connectivity index is 1.40. The first-order chi connectivity index (χ1) is 20.2. The number of amides is 1. The van der Waals surface area contributed by atoms with Crippen LogP contribution in [0.5, 0.6) is 5.75 Å². The lowest BCUT2D eigenvalue weighted by atomic mass is 9.86. The van der Waals surface area contributed by atoms with Crippen LogP contribution in [0.1, 0.15) is 46.5 Å². The largest absolute Gasteiger partial charge is 0.497 e. The van der Waals surface area contributed by atoms with E-state index in [0.29, 0.717) is 31.7 Å². The minimum absolute atomic E-state index is 0.124. The van der Waals surface area contributed by atoms with Gasteiger partial charge in [0, 0.05) is 49.8 Å². The van der Waals surface area contributed by atoms with Gasteiger partial charge in [0.1, 0.15) is 5.75 Å². The summed E-state index contributed by atoms with van der Waals surface area (Å²) in [5.74, 6) is 0.580. The van der Waals surface area contributed by atoms with Crippen LogP contribution in [0, 0.1) is 6.92 Å². The summed E-state index contributed by atoms with van der Waals surface area (Å²) in [5.41, 5.74) is 8.65. The number of pyridine rings is 1. The van der Waals surface area contributed by atoms with Crippen LogP contribution in [0.3, 0.4) is 0 Å². The molecule has 1 N–H and O–H groups in total. The highest BCUT2D eigenvalue weighted by Crippen LogP contribution is 2.41. The van der Waals surface area contributed by atoms with Gasteiger partial charge < -0.3 is 14.8 Å². The van der Waals surface area contributed by atoms with Gasteiger partial charge >= 0.3 is 0 Å². The average Bonchev–Trinajstić information content (AvgIpc) is 3.00. The smallest absolute Gasteiger partial charge is 0.243 e. The van der Waals surface area contributed by atoms with Crippen molar-refractivity contribution in [3.8, 4) is 17.0 Å². The Bertz CT molecular complexity index is 1760. The second kappa shape index (κ2) is 11.3. The molecule has 0 radical (unpaired) electrons. The summed E-state index contributed by atoms with van der Waals surface area (Å²) in [7, 11) is -2.11. The third-order valence-corrected chi connectivity index (χ3v) is 9.89. The second-order valence-corrected chi connectivity index (χ2v) is 12.7. The van der Waals surface area contributed by atoms with Gasteiger partial charge in [-0.15, -0.1) is 0 Å². The molecular weight excluding hydrogens is 550 g/mol. The third kappa shape index (κ3) is 5.31. The molecule has 4 aromatic rings. The third-order valence-electron chi connectivity index (χ3n) is 8.03. The van der Waals surface area contributed by atoms with Crippen molar-refractivity contribution in [1.82, 2.24) is 9.29 Å². The van der Waals surface area contributed by atoms with Gasteiger partial charge in [-0.05, 0) is 77.2 Å². The van der Waals surface area contributed by atoms with E-state index in [4.69, 9.17) is 14.5 Å². The van der Waals surface area contributed by atoms with Crippen LogP contribution < -0.4 is 10.1 Å². The number of anilines is 1. The molecular formula is C33H33N3O5S. The molecule has 9 heteroatoms. The summed E-state index contributed by atoms with van der Waals surface area (Å²) in [6.07, 6.45) is 1.01. The van der Waals surface area contributed by atoms with Crippen molar-refractivity contribution in [3.63, 3.8) is 0 Å². The molecule has 8 nitrogen and oxygen atoms in total. The molecule has 0 aliphatic carbocycles. The molecule has 2 aliphatic rings. The molecule has 6 rings (SSSR count). The van der Waals surface area contributed by atoms with E-state index in [0.717, 1.165) is 50.5 Å². The fourth-order valence-electron chi connectivity index (χ4n) is 5.87. The van der Waals surface area contributed by atoms with Crippen LogP contribution in [0.2, 0.25) is 0 Å². The van der Waals surface area contributed by atoms with E-state index < -0.39 is 10.0 Å². The van der Waals surface area contributed by atoms with Gasteiger partial charge in [0.25, 0.3) is 0 Å². The van der Waals surface area contributed by atoms with Crippen LogP contribution in [-0.2, 0) is 45.5 Å². The molecule has 1 amide bonds. The van der Waals surface area contributed by atoms with Gasteiger partial charge in [0.15, 0.2) is 0 Å². The second-order valence-electron chi connectivity index (χ2n) is 10.7. The van der Waals surface area contributed by atoms with Gasteiger partial charge in [-0.1, -0.05) is 30.3 Å². The Hall–Kier alpha value is -4.05. The molecule has 0 bridgehead atoms. The number of aryl methyl sites for hydroxylation is 1. The minimum atomic E-state index is -3.77. The summed E-state index contributed by atoms with van der Waals surface area (Å²) < 4.78 is 40.8. The van der Waals surface area contributed by atoms with E-state index in [9.17, 15) is 13.2 Å². The zero-order valence-electron chi connectivity index (χ0n) is 23.9.